The van der Waals surface area contributed by atoms with E-state index >= 15 is 0 Å². The molecule has 1 heterocycles. The molecule has 7 nitrogen and oxygen atoms in total. The molecule has 1 fully saturated rings. The average molecular weight is 483 g/mol. The summed E-state index contributed by atoms with van der Waals surface area (Å²) in [5.41, 5.74) is 0.681. The molecule has 1 aliphatic rings. The zero-order chi connectivity index (χ0) is 24.9. The van der Waals surface area contributed by atoms with Gasteiger partial charge in [-0.2, -0.15) is 0 Å². The van der Waals surface area contributed by atoms with Gasteiger partial charge in [0.1, 0.15) is 5.60 Å². The number of ether oxygens (including phenoxy) is 1. The molecule has 0 saturated carbocycles. The number of urea groups is 1. The molecule has 180 valence electrons. The molecule has 2 atom stereocenters. The Balaban J connectivity index is 1.74. The van der Waals surface area contributed by atoms with Crippen LogP contribution in [0.15, 0.2) is 60.7 Å². The number of rotatable bonds is 7. The summed E-state index contributed by atoms with van der Waals surface area (Å²) in [4.78, 5) is 54.4. The largest absolute Gasteiger partial charge is 0.458 e. The molecule has 0 unspecified atom stereocenters. The molecule has 0 spiro atoms. The Kier molecular flexibility index (Phi) is 8.15. The minimum atomic E-state index is -1.04. The van der Waals surface area contributed by atoms with E-state index in [0.29, 0.717) is 5.56 Å². The first-order valence-electron chi connectivity index (χ1n) is 11.2. The summed E-state index contributed by atoms with van der Waals surface area (Å²) in [6.07, 6.45) is 0. The molecule has 1 saturated heterocycles. The van der Waals surface area contributed by atoms with E-state index in [1.165, 1.54) is 4.90 Å². The smallest absolute Gasteiger partial charge is 0.331 e. The molecule has 34 heavy (non-hydrogen) atoms. The molecule has 0 radical (unpaired) electrons. The summed E-state index contributed by atoms with van der Waals surface area (Å²) in [5, 5.41) is -0.151. The maximum Gasteiger partial charge on any atom is 0.331 e. The lowest BCUT2D eigenvalue weighted by atomic mass is 10.1. The summed E-state index contributed by atoms with van der Waals surface area (Å²) >= 11 is 1.02. The summed E-state index contributed by atoms with van der Waals surface area (Å²) in [6.45, 7) is 7.21. The van der Waals surface area contributed by atoms with E-state index in [1.54, 1.807) is 52.0 Å². The van der Waals surface area contributed by atoms with E-state index < -0.39 is 35.5 Å². The highest BCUT2D eigenvalue weighted by atomic mass is 32.2. The van der Waals surface area contributed by atoms with Crippen LogP contribution in [0.2, 0.25) is 0 Å². The molecule has 3 rings (SSSR count). The zero-order valence-corrected chi connectivity index (χ0v) is 20.7. The van der Waals surface area contributed by atoms with E-state index in [2.05, 4.69) is 0 Å². The van der Waals surface area contributed by atoms with Crippen molar-refractivity contribution in [2.24, 2.45) is 5.92 Å². The zero-order valence-electron chi connectivity index (χ0n) is 19.9. The standard InChI is InChI=1S/C26H30N2O5S/c1-18(17-34-24(31)20-13-9-6-10-14-20)22(29)28-21(23(30)33-26(2,3)4)16-27(25(28)32)15-19-11-7-5-8-12-19/h5-14,18,21H,15-17H2,1-4H3/t18-,21-/m0/s1. The molecule has 2 aromatic carbocycles. The quantitative estimate of drug-likeness (QED) is 0.545. The van der Waals surface area contributed by atoms with Crippen molar-refractivity contribution in [2.75, 3.05) is 12.3 Å². The highest BCUT2D eigenvalue weighted by Crippen LogP contribution is 2.25. The van der Waals surface area contributed by atoms with E-state index in [1.807, 2.05) is 36.4 Å². The molecule has 0 bridgehead atoms. The number of nitrogens with zero attached hydrogens (tertiary/aromatic N) is 2. The predicted octanol–water partition coefficient (Wildman–Crippen LogP) is 4.37. The first-order valence-corrected chi connectivity index (χ1v) is 12.2. The molecule has 3 amide bonds. The van der Waals surface area contributed by atoms with Crippen LogP contribution in [0, 0.1) is 5.92 Å². The highest BCUT2D eigenvalue weighted by molar-refractivity contribution is 8.14. The fraction of sp³-hybridized carbons (Fsp3) is 0.385. The number of imide groups is 1. The number of hydrogen-bond donors (Lipinski definition) is 0. The first-order chi connectivity index (χ1) is 16.1. The van der Waals surface area contributed by atoms with Gasteiger partial charge in [-0.3, -0.25) is 9.59 Å². The van der Waals surface area contributed by atoms with Gasteiger partial charge in [-0.15, -0.1) is 0 Å². The van der Waals surface area contributed by atoms with Crippen molar-refractivity contribution in [1.82, 2.24) is 9.80 Å². The van der Waals surface area contributed by atoms with Crippen molar-refractivity contribution in [2.45, 2.75) is 45.9 Å². The SMILES string of the molecule is C[C@@H](CSC(=O)c1ccccc1)C(=O)N1C(=O)N(Cc2ccccc2)C[C@H]1C(=O)OC(C)(C)C. The van der Waals surface area contributed by atoms with Crippen molar-refractivity contribution in [3.63, 3.8) is 0 Å². The van der Waals surface area contributed by atoms with Crippen molar-refractivity contribution in [3.05, 3.63) is 71.8 Å². The third-order valence-electron chi connectivity index (χ3n) is 5.21. The van der Waals surface area contributed by atoms with Gasteiger partial charge < -0.3 is 9.64 Å². The lowest BCUT2D eigenvalue weighted by molar-refractivity contribution is -0.162. The number of amides is 3. The second-order valence-corrected chi connectivity index (χ2v) is 10.3. The Bertz CT molecular complexity index is 1040. The number of benzene rings is 2. The predicted molar refractivity (Wildman–Crippen MR) is 131 cm³/mol. The molecular formula is C26H30N2O5S. The molecule has 0 aromatic heterocycles. The second kappa shape index (κ2) is 10.9. The number of esters is 1. The van der Waals surface area contributed by atoms with Crippen LogP contribution in [0.1, 0.15) is 43.6 Å². The number of hydrogen-bond acceptors (Lipinski definition) is 6. The van der Waals surface area contributed by atoms with Gasteiger partial charge in [0, 0.05) is 23.8 Å². The van der Waals surface area contributed by atoms with Gasteiger partial charge in [0.25, 0.3) is 0 Å². The Labute approximate surface area is 204 Å². The van der Waals surface area contributed by atoms with Crippen molar-refractivity contribution < 1.29 is 23.9 Å². The first kappa shape index (κ1) is 25.5. The maximum atomic E-state index is 13.3. The number of carbonyl (C=O) groups excluding carboxylic acids is 4. The fourth-order valence-corrected chi connectivity index (χ4v) is 4.40. The molecule has 0 aliphatic carbocycles. The van der Waals surface area contributed by atoms with Crippen LogP contribution in [-0.4, -0.2) is 56.8 Å². The monoisotopic (exact) mass is 482 g/mol. The lowest BCUT2D eigenvalue weighted by Gasteiger charge is -2.26. The molecule has 0 N–H and O–H groups in total. The Morgan fingerprint density at radius 1 is 1.03 bits per heavy atom. The van der Waals surface area contributed by atoms with Gasteiger partial charge in [0.2, 0.25) is 11.0 Å². The van der Waals surface area contributed by atoms with Crippen molar-refractivity contribution >= 4 is 34.8 Å². The molecule has 8 heteroatoms. The van der Waals surface area contributed by atoms with Crippen LogP contribution in [0.25, 0.3) is 0 Å². The van der Waals surface area contributed by atoms with Crippen molar-refractivity contribution in [3.8, 4) is 0 Å². The number of thioether (sulfide) groups is 1. The van der Waals surface area contributed by atoms with Gasteiger partial charge >= 0.3 is 12.0 Å². The van der Waals surface area contributed by atoms with E-state index in [0.717, 1.165) is 22.2 Å². The highest BCUT2D eigenvalue weighted by Gasteiger charge is 2.47. The summed E-state index contributed by atoms with van der Waals surface area (Å²) in [7, 11) is 0. The van der Waals surface area contributed by atoms with Crippen LogP contribution in [0.5, 0.6) is 0 Å². The van der Waals surface area contributed by atoms with Crippen LogP contribution in [0.3, 0.4) is 0 Å². The van der Waals surface area contributed by atoms with Gasteiger partial charge in [-0.25, -0.2) is 14.5 Å². The molecule has 1 aliphatic heterocycles. The third kappa shape index (κ3) is 6.47. The van der Waals surface area contributed by atoms with Gasteiger partial charge in [0.05, 0.1) is 6.54 Å². The van der Waals surface area contributed by atoms with Gasteiger partial charge in [0.15, 0.2) is 6.04 Å². The Morgan fingerprint density at radius 3 is 2.21 bits per heavy atom. The van der Waals surface area contributed by atoms with E-state index in [4.69, 9.17) is 4.74 Å². The van der Waals surface area contributed by atoms with E-state index in [-0.39, 0.29) is 24.0 Å². The minimum Gasteiger partial charge on any atom is -0.458 e. The fourth-order valence-electron chi connectivity index (χ4n) is 3.55. The molecular weight excluding hydrogens is 452 g/mol. The minimum absolute atomic E-state index is 0.0528. The van der Waals surface area contributed by atoms with E-state index in [9.17, 15) is 19.2 Å². The Hall–Kier alpha value is -3.13. The van der Waals surface area contributed by atoms with Gasteiger partial charge in [-0.05, 0) is 26.3 Å². The summed E-state index contributed by atoms with van der Waals surface area (Å²) in [5.74, 6) is -1.58. The van der Waals surface area contributed by atoms with Crippen LogP contribution < -0.4 is 0 Å². The lowest BCUT2D eigenvalue weighted by Crippen LogP contribution is -2.48. The normalized spacial score (nSPS) is 16.9. The molecule has 2 aromatic rings. The van der Waals surface area contributed by atoms with Crippen LogP contribution in [-0.2, 0) is 20.9 Å². The summed E-state index contributed by atoms with van der Waals surface area (Å²) in [6, 6.07) is 16.6. The van der Waals surface area contributed by atoms with Crippen LogP contribution in [0.4, 0.5) is 4.79 Å². The average Bonchev–Trinajstić information content (AvgIpc) is 3.13. The maximum absolute atomic E-state index is 13.3. The third-order valence-corrected chi connectivity index (χ3v) is 6.37. The number of carbonyl (C=O) groups is 4. The second-order valence-electron chi connectivity index (χ2n) is 9.27. The topological polar surface area (TPSA) is 84.0 Å². The van der Waals surface area contributed by atoms with Gasteiger partial charge in [-0.1, -0.05) is 79.3 Å². The van der Waals surface area contributed by atoms with Crippen molar-refractivity contribution in [1.29, 1.82) is 0 Å². The van der Waals surface area contributed by atoms with Crippen LogP contribution >= 0.6 is 11.8 Å². The Morgan fingerprint density at radius 2 is 1.62 bits per heavy atom. The summed E-state index contributed by atoms with van der Waals surface area (Å²) < 4.78 is 5.51.